The molecular weight excluding hydrogens is 272 g/mol. The number of carbonyl (C=O) groups excluding carboxylic acids is 1. The molecule has 6 heteroatoms. The van der Waals surface area contributed by atoms with E-state index in [0.717, 1.165) is 12.0 Å². The van der Waals surface area contributed by atoms with Crippen LogP contribution in [0.15, 0.2) is 12.2 Å². The zero-order valence-electron chi connectivity index (χ0n) is 8.80. The Kier molecular flexibility index (Phi) is 2.94. The third-order valence-electron chi connectivity index (χ3n) is 3.25. The number of carbonyl (C=O) groups is 1. The summed E-state index contributed by atoms with van der Waals surface area (Å²) >= 11 is 17.5. The van der Waals surface area contributed by atoms with Gasteiger partial charge >= 0.3 is 5.97 Å². The van der Waals surface area contributed by atoms with Crippen molar-refractivity contribution in [2.45, 2.75) is 35.3 Å². The van der Waals surface area contributed by atoms with Crippen molar-refractivity contribution in [3.8, 4) is 0 Å². The van der Waals surface area contributed by atoms with Crippen LogP contribution in [-0.4, -0.2) is 33.0 Å². The van der Waals surface area contributed by atoms with E-state index in [2.05, 4.69) is 6.58 Å². The molecule has 0 aromatic carbocycles. The third-order valence-corrected chi connectivity index (χ3v) is 3.81. The van der Waals surface area contributed by atoms with Crippen LogP contribution in [0.25, 0.3) is 0 Å². The molecule has 16 heavy (non-hydrogen) atoms. The van der Waals surface area contributed by atoms with Crippen molar-refractivity contribution in [1.82, 2.24) is 4.90 Å². The summed E-state index contributed by atoms with van der Waals surface area (Å²) in [5.74, 6) is -0.353. The van der Waals surface area contributed by atoms with E-state index in [1.165, 1.54) is 0 Å². The van der Waals surface area contributed by atoms with Gasteiger partial charge in [-0.1, -0.05) is 41.4 Å². The Labute approximate surface area is 109 Å². The lowest BCUT2D eigenvalue weighted by atomic mass is 9.90. The van der Waals surface area contributed by atoms with Crippen LogP contribution in [0.4, 0.5) is 0 Å². The van der Waals surface area contributed by atoms with Gasteiger partial charge in [-0.25, -0.2) is 9.69 Å². The van der Waals surface area contributed by atoms with Gasteiger partial charge in [0.1, 0.15) is 5.54 Å². The number of alkyl halides is 3. The number of cyclic esters (lactones) is 1. The highest BCUT2D eigenvalue weighted by atomic mass is 35.6. The second kappa shape index (κ2) is 3.77. The van der Waals surface area contributed by atoms with Crippen molar-refractivity contribution in [2.75, 3.05) is 6.54 Å². The maximum Gasteiger partial charge on any atom is 0.332 e. The lowest BCUT2D eigenvalue weighted by molar-refractivity contribution is -0.144. The van der Waals surface area contributed by atoms with Gasteiger partial charge in [0.2, 0.25) is 10.0 Å². The lowest BCUT2D eigenvalue weighted by Crippen LogP contribution is -2.49. The first-order chi connectivity index (χ1) is 7.30. The molecule has 2 unspecified atom stereocenters. The van der Waals surface area contributed by atoms with Gasteiger partial charge in [-0.2, -0.15) is 0 Å². The number of rotatable bonds is 1. The molecule has 2 heterocycles. The Hall–Kier alpha value is 0.0400. The quantitative estimate of drug-likeness (QED) is 0.421. The molecule has 0 saturated carbocycles. The van der Waals surface area contributed by atoms with E-state index >= 15 is 0 Å². The number of ether oxygens (including phenoxy) is 1. The van der Waals surface area contributed by atoms with E-state index in [-0.39, 0.29) is 5.97 Å². The number of halogens is 3. The number of fused-ring (bicyclic) bond motifs is 1. The van der Waals surface area contributed by atoms with E-state index in [9.17, 15) is 4.79 Å². The van der Waals surface area contributed by atoms with Gasteiger partial charge in [-0.05, 0) is 25.3 Å². The van der Waals surface area contributed by atoms with Crippen LogP contribution in [0.1, 0.15) is 19.8 Å². The number of esters is 1. The minimum atomic E-state index is -1.63. The monoisotopic (exact) mass is 283 g/mol. The van der Waals surface area contributed by atoms with Crippen LogP contribution in [0.2, 0.25) is 0 Å². The van der Waals surface area contributed by atoms with Crippen molar-refractivity contribution < 1.29 is 9.53 Å². The van der Waals surface area contributed by atoms with Gasteiger partial charge in [-0.3, -0.25) is 0 Å². The van der Waals surface area contributed by atoms with Gasteiger partial charge in [0.25, 0.3) is 0 Å². The fourth-order valence-corrected chi connectivity index (χ4v) is 3.00. The number of hydrogen-bond donors (Lipinski definition) is 0. The molecule has 2 aliphatic heterocycles. The molecule has 0 amide bonds. The van der Waals surface area contributed by atoms with E-state index < -0.39 is 15.6 Å². The Morgan fingerprint density at radius 2 is 2.25 bits per heavy atom. The zero-order chi connectivity index (χ0) is 12.1. The summed E-state index contributed by atoms with van der Waals surface area (Å²) in [5.41, 5.74) is -0.0408. The summed E-state index contributed by atoms with van der Waals surface area (Å²) in [6, 6.07) is 0. The molecule has 0 aromatic rings. The molecule has 0 radical (unpaired) electrons. The smallest absolute Gasteiger partial charge is 0.332 e. The third kappa shape index (κ3) is 1.57. The van der Waals surface area contributed by atoms with Gasteiger partial charge in [0, 0.05) is 6.54 Å². The first-order valence-electron chi connectivity index (χ1n) is 5.00. The van der Waals surface area contributed by atoms with Crippen LogP contribution in [-0.2, 0) is 9.53 Å². The van der Waals surface area contributed by atoms with E-state index in [1.54, 1.807) is 6.92 Å². The number of nitrogens with zero attached hydrogens (tertiary/aromatic N) is 1. The molecular formula is C10H12Cl3NO2. The highest BCUT2D eigenvalue weighted by Crippen LogP contribution is 2.48. The van der Waals surface area contributed by atoms with Gasteiger partial charge in [0.15, 0.2) is 0 Å². The molecule has 2 rings (SSSR count). The summed E-state index contributed by atoms with van der Waals surface area (Å²) in [4.78, 5) is 13.8. The van der Waals surface area contributed by atoms with Crippen molar-refractivity contribution >= 4 is 40.8 Å². The highest BCUT2D eigenvalue weighted by Gasteiger charge is 2.62. The average Bonchev–Trinajstić information content (AvgIpc) is 2.64. The lowest BCUT2D eigenvalue weighted by Gasteiger charge is -2.32. The van der Waals surface area contributed by atoms with Crippen LogP contribution in [0.3, 0.4) is 0 Å². The molecule has 0 N–H and O–H groups in total. The molecule has 2 saturated heterocycles. The SMILES string of the molecule is C=C(C)C12CCCN1C(C(Cl)(Cl)Cl)OC2=O. The summed E-state index contributed by atoms with van der Waals surface area (Å²) in [7, 11) is 0. The van der Waals surface area contributed by atoms with E-state index in [1.807, 2.05) is 4.90 Å². The Balaban J connectivity index is 2.41. The Bertz CT molecular complexity index is 352. The summed E-state index contributed by atoms with van der Waals surface area (Å²) in [5, 5.41) is 0. The molecule has 0 bridgehead atoms. The van der Waals surface area contributed by atoms with Crippen LogP contribution in [0, 0.1) is 0 Å². The maximum atomic E-state index is 12.0. The molecule has 0 aliphatic carbocycles. The van der Waals surface area contributed by atoms with Crippen LogP contribution >= 0.6 is 34.8 Å². The molecule has 90 valence electrons. The Morgan fingerprint density at radius 3 is 2.75 bits per heavy atom. The second-order valence-corrected chi connectivity index (χ2v) is 6.61. The fraction of sp³-hybridized carbons (Fsp3) is 0.700. The van der Waals surface area contributed by atoms with E-state index in [0.29, 0.717) is 13.0 Å². The van der Waals surface area contributed by atoms with Crippen molar-refractivity contribution in [1.29, 1.82) is 0 Å². The van der Waals surface area contributed by atoms with Crippen molar-refractivity contribution in [3.05, 3.63) is 12.2 Å². The van der Waals surface area contributed by atoms with Crippen LogP contribution < -0.4 is 0 Å². The minimum Gasteiger partial charge on any atom is -0.440 e. The fourth-order valence-electron chi connectivity index (χ4n) is 2.52. The van der Waals surface area contributed by atoms with Crippen molar-refractivity contribution in [3.63, 3.8) is 0 Å². The maximum absolute atomic E-state index is 12.0. The predicted molar refractivity (Wildman–Crippen MR) is 63.7 cm³/mol. The van der Waals surface area contributed by atoms with Crippen molar-refractivity contribution in [2.24, 2.45) is 0 Å². The molecule has 2 atom stereocenters. The minimum absolute atomic E-state index is 0.353. The first-order valence-corrected chi connectivity index (χ1v) is 6.14. The molecule has 2 aliphatic rings. The largest absolute Gasteiger partial charge is 0.440 e. The van der Waals surface area contributed by atoms with Crippen LogP contribution in [0.5, 0.6) is 0 Å². The summed E-state index contributed by atoms with van der Waals surface area (Å²) < 4.78 is 3.56. The highest BCUT2D eigenvalue weighted by molar-refractivity contribution is 6.68. The predicted octanol–water partition coefficient (Wildman–Crippen LogP) is 2.65. The van der Waals surface area contributed by atoms with E-state index in [4.69, 9.17) is 39.5 Å². The zero-order valence-corrected chi connectivity index (χ0v) is 11.1. The van der Waals surface area contributed by atoms with Gasteiger partial charge in [0.05, 0.1) is 0 Å². The van der Waals surface area contributed by atoms with Gasteiger partial charge < -0.3 is 4.74 Å². The molecule has 0 aromatic heterocycles. The normalized spacial score (nSPS) is 35.0. The number of hydrogen-bond acceptors (Lipinski definition) is 3. The molecule has 2 fully saturated rings. The standard InChI is InChI=1S/C10H12Cl3NO2/c1-6(2)9-4-3-5-14(9)7(10(11,12)13)16-8(9)15/h7H,1,3-5H2,2H3. The average molecular weight is 285 g/mol. The Morgan fingerprint density at radius 1 is 1.62 bits per heavy atom. The summed E-state index contributed by atoms with van der Waals surface area (Å²) in [6.07, 6.45) is 0.738. The van der Waals surface area contributed by atoms with Gasteiger partial charge in [-0.15, -0.1) is 0 Å². The molecule has 0 spiro atoms. The first kappa shape index (κ1) is 12.5. The molecule has 3 nitrogen and oxygen atoms in total. The summed E-state index contributed by atoms with van der Waals surface area (Å²) in [6.45, 7) is 6.35. The topological polar surface area (TPSA) is 29.5 Å². The second-order valence-electron chi connectivity index (χ2n) is 4.24.